The van der Waals surface area contributed by atoms with Crippen LogP contribution in [0.3, 0.4) is 0 Å². The lowest BCUT2D eigenvalue weighted by atomic mass is 9.44. The van der Waals surface area contributed by atoms with E-state index in [0.717, 1.165) is 0 Å². The summed E-state index contributed by atoms with van der Waals surface area (Å²) in [4.78, 5) is 0. The minimum atomic E-state index is -3.98. The Kier molecular flexibility index (Phi) is 0.966. The van der Waals surface area contributed by atoms with Gasteiger partial charge in [0, 0.05) is 6.04 Å². The molecule has 3 aliphatic rings. The normalized spacial score (nSPS) is 51.6. The predicted molar refractivity (Wildman–Crippen MR) is 29.1 cm³/mol. The molecule has 0 radical (unpaired) electrons. The van der Waals surface area contributed by atoms with Crippen LogP contribution in [0.1, 0.15) is 6.42 Å². The molecule has 58 valence electrons. The largest absolute Gasteiger partial charge is 0.392 e. The van der Waals surface area contributed by atoms with Crippen LogP contribution in [-0.4, -0.2) is 12.2 Å². The maximum Gasteiger partial charge on any atom is 0.392 e. The third kappa shape index (κ3) is 0.533. The fourth-order valence-electron chi connectivity index (χ4n) is 1.98. The molecule has 2 N–H and O–H groups in total. The first-order valence-electron chi connectivity index (χ1n) is 3.34. The van der Waals surface area contributed by atoms with Crippen LogP contribution in [0, 0.1) is 17.8 Å². The number of rotatable bonds is 0. The Labute approximate surface area is 56.4 Å². The highest BCUT2D eigenvalue weighted by Crippen LogP contribution is 2.63. The second-order valence-corrected chi connectivity index (χ2v) is 3.21. The Morgan fingerprint density at radius 2 is 1.70 bits per heavy atom. The molecule has 10 heavy (non-hydrogen) atoms. The van der Waals surface area contributed by atoms with Crippen molar-refractivity contribution in [3.63, 3.8) is 0 Å². The van der Waals surface area contributed by atoms with E-state index in [-0.39, 0.29) is 17.9 Å². The monoisotopic (exact) mass is 151 g/mol. The number of alkyl halides is 3. The van der Waals surface area contributed by atoms with Crippen molar-refractivity contribution in [2.75, 3.05) is 0 Å². The van der Waals surface area contributed by atoms with Crippen molar-refractivity contribution >= 4 is 0 Å². The minimum absolute atomic E-state index is 0.147. The summed E-state index contributed by atoms with van der Waals surface area (Å²) in [5.74, 6) is -1.54. The molecule has 0 aromatic heterocycles. The summed E-state index contributed by atoms with van der Waals surface area (Å²) in [7, 11) is 0. The fourth-order valence-corrected chi connectivity index (χ4v) is 1.98. The lowest BCUT2D eigenvalue weighted by Gasteiger charge is -2.63. The van der Waals surface area contributed by atoms with Crippen LogP contribution >= 0.6 is 0 Å². The zero-order valence-electron chi connectivity index (χ0n) is 5.23. The average molecular weight is 151 g/mol. The van der Waals surface area contributed by atoms with Gasteiger partial charge in [-0.05, 0) is 18.3 Å². The molecule has 2 bridgehead atoms. The molecule has 3 rings (SSSR count). The van der Waals surface area contributed by atoms with Gasteiger partial charge in [0.15, 0.2) is 0 Å². The Morgan fingerprint density at radius 3 is 1.80 bits per heavy atom. The second-order valence-electron chi connectivity index (χ2n) is 3.21. The van der Waals surface area contributed by atoms with E-state index < -0.39 is 12.1 Å². The van der Waals surface area contributed by atoms with E-state index in [1.165, 1.54) is 0 Å². The summed E-state index contributed by atoms with van der Waals surface area (Å²) in [6.07, 6.45) is -3.28. The third-order valence-corrected chi connectivity index (χ3v) is 2.83. The van der Waals surface area contributed by atoms with E-state index in [1.54, 1.807) is 0 Å². The van der Waals surface area contributed by atoms with Crippen molar-refractivity contribution < 1.29 is 13.2 Å². The van der Waals surface area contributed by atoms with E-state index >= 15 is 0 Å². The Morgan fingerprint density at radius 1 is 1.20 bits per heavy atom. The van der Waals surface area contributed by atoms with Gasteiger partial charge in [-0.25, -0.2) is 0 Å². The summed E-state index contributed by atoms with van der Waals surface area (Å²) >= 11 is 0. The molecule has 3 saturated carbocycles. The number of nitrogens with two attached hydrogens (primary N) is 1. The van der Waals surface area contributed by atoms with E-state index in [0.29, 0.717) is 6.42 Å². The number of hydrogen-bond acceptors (Lipinski definition) is 1. The smallest absolute Gasteiger partial charge is 0.327 e. The molecule has 1 nitrogen and oxygen atoms in total. The highest BCUT2D eigenvalue weighted by molar-refractivity contribution is 5.13. The van der Waals surface area contributed by atoms with Gasteiger partial charge < -0.3 is 5.73 Å². The molecule has 4 heteroatoms. The van der Waals surface area contributed by atoms with Crippen LogP contribution in [-0.2, 0) is 0 Å². The SMILES string of the molecule is NC1C2CC1C2C(F)(F)F. The molecule has 3 aliphatic carbocycles. The van der Waals surface area contributed by atoms with Crippen molar-refractivity contribution in [3.05, 3.63) is 0 Å². The quantitative estimate of drug-likeness (QED) is 0.552. The Bertz CT molecular complexity index is 155. The van der Waals surface area contributed by atoms with Gasteiger partial charge >= 0.3 is 6.18 Å². The van der Waals surface area contributed by atoms with E-state index in [2.05, 4.69) is 0 Å². The minimum Gasteiger partial charge on any atom is -0.327 e. The molecular formula is C6H8F3N. The van der Waals surface area contributed by atoms with E-state index in [1.807, 2.05) is 0 Å². The zero-order valence-corrected chi connectivity index (χ0v) is 5.23. The third-order valence-electron chi connectivity index (χ3n) is 2.83. The summed E-state index contributed by atoms with van der Waals surface area (Å²) in [5, 5.41) is 0. The molecule has 0 heterocycles. The van der Waals surface area contributed by atoms with Crippen LogP contribution in [0.4, 0.5) is 13.2 Å². The summed E-state index contributed by atoms with van der Waals surface area (Å²) in [6.45, 7) is 0. The standard InChI is InChI=1S/C6H8F3N/c7-6(8,9)4-2-1-3(4)5(2)10/h2-5H,1,10H2. The van der Waals surface area contributed by atoms with Crippen molar-refractivity contribution in [3.8, 4) is 0 Å². The molecule has 2 unspecified atom stereocenters. The molecule has 3 fully saturated rings. The lowest BCUT2D eigenvalue weighted by Crippen LogP contribution is -2.71. The van der Waals surface area contributed by atoms with E-state index in [9.17, 15) is 13.2 Å². The van der Waals surface area contributed by atoms with Crippen LogP contribution < -0.4 is 5.73 Å². The lowest BCUT2D eigenvalue weighted by molar-refractivity contribution is -0.292. The Hall–Kier alpha value is -0.250. The predicted octanol–water partition coefficient (Wildman–Crippen LogP) is 1.14. The molecule has 0 aliphatic heterocycles. The van der Waals surface area contributed by atoms with Gasteiger partial charge in [0.05, 0.1) is 5.92 Å². The average Bonchev–Trinajstić information content (AvgIpc) is 1.55. The van der Waals surface area contributed by atoms with Crippen LogP contribution in [0.25, 0.3) is 0 Å². The molecule has 0 spiro atoms. The van der Waals surface area contributed by atoms with Gasteiger partial charge in [0.25, 0.3) is 0 Å². The molecular weight excluding hydrogens is 143 g/mol. The summed E-state index contributed by atoms with van der Waals surface area (Å²) in [5.41, 5.74) is 5.36. The first-order chi connectivity index (χ1) is 4.52. The van der Waals surface area contributed by atoms with Crippen molar-refractivity contribution in [1.29, 1.82) is 0 Å². The Balaban J connectivity index is 2.02. The van der Waals surface area contributed by atoms with Gasteiger partial charge in [0.1, 0.15) is 0 Å². The van der Waals surface area contributed by atoms with Crippen LogP contribution in [0.15, 0.2) is 0 Å². The fraction of sp³-hybridized carbons (Fsp3) is 1.00. The molecule has 0 aromatic carbocycles. The maximum atomic E-state index is 11.9. The summed E-state index contributed by atoms with van der Waals surface area (Å²) in [6, 6.07) is -0.147. The molecule has 0 amide bonds. The van der Waals surface area contributed by atoms with Gasteiger partial charge in [-0.2, -0.15) is 13.2 Å². The van der Waals surface area contributed by atoms with Gasteiger partial charge in [-0.1, -0.05) is 0 Å². The van der Waals surface area contributed by atoms with Crippen molar-refractivity contribution in [2.45, 2.75) is 18.6 Å². The molecule has 0 aromatic rings. The first-order valence-corrected chi connectivity index (χ1v) is 3.34. The highest BCUT2D eigenvalue weighted by atomic mass is 19.4. The van der Waals surface area contributed by atoms with Crippen molar-refractivity contribution in [1.82, 2.24) is 0 Å². The zero-order chi connectivity index (χ0) is 7.52. The number of hydrogen-bond donors (Lipinski definition) is 1. The van der Waals surface area contributed by atoms with Gasteiger partial charge in [0.2, 0.25) is 0 Å². The van der Waals surface area contributed by atoms with Gasteiger partial charge in [-0.15, -0.1) is 0 Å². The first kappa shape index (κ1) is 6.46. The van der Waals surface area contributed by atoms with Crippen LogP contribution in [0.5, 0.6) is 0 Å². The second kappa shape index (κ2) is 1.49. The highest BCUT2D eigenvalue weighted by Gasteiger charge is 2.69. The number of halogens is 3. The molecule has 2 atom stereocenters. The maximum absolute atomic E-state index is 11.9. The summed E-state index contributed by atoms with van der Waals surface area (Å²) < 4.78 is 35.7. The van der Waals surface area contributed by atoms with Crippen LogP contribution in [0.2, 0.25) is 0 Å². The van der Waals surface area contributed by atoms with Crippen molar-refractivity contribution in [2.24, 2.45) is 23.5 Å². The van der Waals surface area contributed by atoms with Gasteiger partial charge in [-0.3, -0.25) is 0 Å². The topological polar surface area (TPSA) is 26.0 Å². The molecule has 0 saturated heterocycles. The van der Waals surface area contributed by atoms with E-state index in [4.69, 9.17) is 5.73 Å².